The van der Waals surface area contributed by atoms with E-state index in [9.17, 15) is 24.0 Å². The number of urea groups is 1. The van der Waals surface area contributed by atoms with Gasteiger partial charge in [-0.1, -0.05) is 24.3 Å². The largest absolute Gasteiger partial charge is 0.329 e. The first-order valence-corrected chi connectivity index (χ1v) is 12.0. The van der Waals surface area contributed by atoms with Crippen molar-refractivity contribution in [2.75, 3.05) is 5.32 Å². The Balaban J connectivity index is 1.27. The second-order valence-electron chi connectivity index (χ2n) is 9.58. The van der Waals surface area contributed by atoms with Gasteiger partial charge in [0, 0.05) is 30.1 Å². The molecule has 2 aliphatic rings. The first kappa shape index (κ1) is 24.8. The molecule has 0 saturated carbocycles. The number of imide groups is 2. The highest BCUT2D eigenvalue weighted by atomic mass is 16.2. The minimum absolute atomic E-state index is 0.0374. The lowest BCUT2D eigenvalue weighted by molar-refractivity contribution is -0.136. The molecule has 192 valence electrons. The van der Waals surface area contributed by atoms with Crippen molar-refractivity contribution in [2.24, 2.45) is 0 Å². The molecular formula is C27H24N6O5. The van der Waals surface area contributed by atoms with Crippen molar-refractivity contribution < 1.29 is 24.0 Å². The molecule has 6 amide bonds. The van der Waals surface area contributed by atoms with Crippen LogP contribution in [0, 0.1) is 0 Å². The molecule has 2 aromatic carbocycles. The van der Waals surface area contributed by atoms with Crippen molar-refractivity contribution in [1.29, 1.82) is 0 Å². The molecule has 0 aliphatic carbocycles. The topological polar surface area (TPSA) is 150 Å². The van der Waals surface area contributed by atoms with E-state index in [-0.39, 0.29) is 24.0 Å². The number of anilines is 1. The average Bonchev–Trinajstić information content (AvgIpc) is 3.13. The number of fused-ring (bicyclic) bond motifs is 1. The standard InChI is InChI=1S/C27H24N6O5/c1-27(2,16-5-3-15(4-6-16)20-14-28-11-12-29-20)32-26(38)30-17-7-8-18-19(13-17)25(37)33(24(18)36)21-9-10-22(34)31-23(21)35/h3-8,11-14,21H,9-10H2,1-2H3,(H2,30,32,38)(H,31,34,35). The van der Waals surface area contributed by atoms with Gasteiger partial charge in [0.2, 0.25) is 11.8 Å². The van der Waals surface area contributed by atoms with Gasteiger partial charge in [-0.25, -0.2) is 4.79 Å². The van der Waals surface area contributed by atoms with Crippen LogP contribution in [0.2, 0.25) is 0 Å². The Bertz CT molecular complexity index is 1470. The van der Waals surface area contributed by atoms with Crippen LogP contribution < -0.4 is 16.0 Å². The summed E-state index contributed by atoms with van der Waals surface area (Å²) in [6.07, 6.45) is 5.00. The molecule has 11 heteroatoms. The van der Waals surface area contributed by atoms with Crippen LogP contribution in [0.3, 0.4) is 0 Å². The van der Waals surface area contributed by atoms with Crippen molar-refractivity contribution in [2.45, 2.75) is 38.3 Å². The monoisotopic (exact) mass is 512 g/mol. The molecule has 3 aromatic rings. The third-order valence-electron chi connectivity index (χ3n) is 6.59. The van der Waals surface area contributed by atoms with Gasteiger partial charge < -0.3 is 10.6 Å². The van der Waals surface area contributed by atoms with E-state index in [4.69, 9.17) is 0 Å². The molecule has 5 rings (SSSR count). The van der Waals surface area contributed by atoms with E-state index >= 15 is 0 Å². The van der Waals surface area contributed by atoms with Crippen LogP contribution in [0.25, 0.3) is 11.3 Å². The summed E-state index contributed by atoms with van der Waals surface area (Å²) in [6.45, 7) is 3.71. The molecule has 0 spiro atoms. The SMILES string of the molecule is CC(C)(NC(=O)Nc1ccc2c(c1)C(=O)N(C1CCC(=O)NC1=O)C2=O)c1ccc(-c2cnccn2)cc1. The van der Waals surface area contributed by atoms with Crippen LogP contribution in [0.1, 0.15) is 53.0 Å². The Morgan fingerprint density at radius 3 is 2.42 bits per heavy atom. The zero-order valence-electron chi connectivity index (χ0n) is 20.6. The van der Waals surface area contributed by atoms with E-state index in [0.29, 0.717) is 5.69 Å². The van der Waals surface area contributed by atoms with Gasteiger partial charge in [-0.15, -0.1) is 0 Å². The fourth-order valence-corrected chi connectivity index (χ4v) is 4.57. The lowest BCUT2D eigenvalue weighted by Crippen LogP contribution is -2.54. The van der Waals surface area contributed by atoms with E-state index in [1.807, 2.05) is 38.1 Å². The van der Waals surface area contributed by atoms with E-state index < -0.39 is 41.2 Å². The quantitative estimate of drug-likeness (QED) is 0.445. The van der Waals surface area contributed by atoms with Crippen LogP contribution in [0.5, 0.6) is 0 Å². The molecule has 0 bridgehead atoms. The molecule has 1 unspecified atom stereocenters. The first-order valence-electron chi connectivity index (χ1n) is 12.0. The normalized spacial score (nSPS) is 17.2. The Labute approximate surface area is 217 Å². The van der Waals surface area contributed by atoms with Crippen molar-refractivity contribution in [3.05, 3.63) is 77.7 Å². The highest BCUT2D eigenvalue weighted by Crippen LogP contribution is 2.30. The number of hydrogen-bond acceptors (Lipinski definition) is 7. The molecule has 1 fully saturated rings. The maximum absolute atomic E-state index is 13.0. The average molecular weight is 513 g/mol. The van der Waals surface area contributed by atoms with Crippen molar-refractivity contribution >= 4 is 35.3 Å². The van der Waals surface area contributed by atoms with Gasteiger partial charge in [-0.05, 0) is 44.0 Å². The zero-order valence-corrected chi connectivity index (χ0v) is 20.6. The molecule has 1 aromatic heterocycles. The summed E-state index contributed by atoms with van der Waals surface area (Å²) in [7, 11) is 0. The number of benzene rings is 2. The summed E-state index contributed by atoms with van der Waals surface area (Å²) in [5.74, 6) is -2.38. The number of carbonyl (C=O) groups excluding carboxylic acids is 5. The summed E-state index contributed by atoms with van der Waals surface area (Å²) in [6, 6.07) is 10.4. The lowest BCUT2D eigenvalue weighted by Gasteiger charge is -2.27. The molecular weight excluding hydrogens is 488 g/mol. The molecule has 0 radical (unpaired) electrons. The third-order valence-corrected chi connectivity index (χ3v) is 6.59. The molecule has 1 atom stereocenters. The number of nitrogens with one attached hydrogen (secondary N) is 3. The van der Waals surface area contributed by atoms with Gasteiger partial charge in [0.15, 0.2) is 0 Å². The number of hydrogen-bond donors (Lipinski definition) is 3. The molecule has 38 heavy (non-hydrogen) atoms. The van der Waals surface area contributed by atoms with Gasteiger partial charge in [-0.2, -0.15) is 0 Å². The van der Waals surface area contributed by atoms with Gasteiger partial charge in [0.1, 0.15) is 6.04 Å². The van der Waals surface area contributed by atoms with E-state index in [0.717, 1.165) is 21.7 Å². The van der Waals surface area contributed by atoms with E-state index in [1.54, 1.807) is 18.6 Å². The molecule has 1 saturated heterocycles. The van der Waals surface area contributed by atoms with Gasteiger partial charge in [0.25, 0.3) is 11.8 Å². The van der Waals surface area contributed by atoms with Gasteiger partial charge in [0.05, 0.1) is 28.6 Å². The fraction of sp³-hybridized carbons (Fsp3) is 0.222. The molecule has 11 nitrogen and oxygen atoms in total. The summed E-state index contributed by atoms with van der Waals surface area (Å²) in [5.41, 5.74) is 2.27. The number of rotatable bonds is 5. The summed E-state index contributed by atoms with van der Waals surface area (Å²) in [5, 5.41) is 7.78. The predicted octanol–water partition coefficient (Wildman–Crippen LogP) is 2.60. The summed E-state index contributed by atoms with van der Waals surface area (Å²) < 4.78 is 0. The predicted molar refractivity (Wildman–Crippen MR) is 136 cm³/mol. The van der Waals surface area contributed by atoms with Gasteiger partial charge >= 0.3 is 6.03 Å². The molecule has 3 heterocycles. The van der Waals surface area contributed by atoms with Gasteiger partial charge in [-0.3, -0.25) is 39.4 Å². The van der Waals surface area contributed by atoms with Crippen LogP contribution in [-0.4, -0.2) is 50.6 Å². The van der Waals surface area contributed by atoms with Crippen LogP contribution in [-0.2, 0) is 15.1 Å². The van der Waals surface area contributed by atoms with Crippen molar-refractivity contribution in [1.82, 2.24) is 25.5 Å². The van der Waals surface area contributed by atoms with Crippen molar-refractivity contribution in [3.63, 3.8) is 0 Å². The number of piperidine rings is 1. The minimum atomic E-state index is -1.05. The first-order chi connectivity index (χ1) is 18.1. The highest BCUT2D eigenvalue weighted by molar-refractivity contribution is 6.23. The fourth-order valence-electron chi connectivity index (χ4n) is 4.57. The second-order valence-corrected chi connectivity index (χ2v) is 9.58. The minimum Gasteiger partial charge on any atom is -0.329 e. The highest BCUT2D eigenvalue weighted by Gasteiger charge is 2.44. The third kappa shape index (κ3) is 4.61. The Kier molecular flexibility index (Phi) is 6.19. The van der Waals surface area contributed by atoms with Crippen LogP contribution in [0.4, 0.5) is 10.5 Å². The Morgan fingerprint density at radius 2 is 1.74 bits per heavy atom. The Morgan fingerprint density at radius 1 is 1.00 bits per heavy atom. The Hall–Kier alpha value is -4.93. The molecule has 3 N–H and O–H groups in total. The van der Waals surface area contributed by atoms with Crippen LogP contribution in [0.15, 0.2) is 61.1 Å². The van der Waals surface area contributed by atoms with E-state index in [2.05, 4.69) is 25.9 Å². The number of carbonyl (C=O) groups is 5. The number of nitrogens with zero attached hydrogens (tertiary/aromatic N) is 3. The zero-order chi connectivity index (χ0) is 27.0. The number of aromatic nitrogens is 2. The molecule has 2 aliphatic heterocycles. The van der Waals surface area contributed by atoms with Crippen molar-refractivity contribution in [3.8, 4) is 11.3 Å². The summed E-state index contributed by atoms with van der Waals surface area (Å²) in [4.78, 5) is 71.6. The van der Waals surface area contributed by atoms with Crippen LogP contribution >= 0.6 is 0 Å². The number of amides is 6. The second kappa shape index (κ2) is 9.51. The smallest absolute Gasteiger partial charge is 0.319 e. The maximum atomic E-state index is 13.0. The van der Waals surface area contributed by atoms with E-state index in [1.165, 1.54) is 18.2 Å². The lowest BCUT2D eigenvalue weighted by atomic mass is 9.93. The maximum Gasteiger partial charge on any atom is 0.319 e. The summed E-state index contributed by atoms with van der Waals surface area (Å²) >= 11 is 0.